The van der Waals surface area contributed by atoms with Crippen LogP contribution >= 0.6 is 0 Å². The van der Waals surface area contributed by atoms with Crippen molar-refractivity contribution in [3.05, 3.63) is 18.3 Å². The number of hydrogen-bond donors (Lipinski definition) is 0. The number of pyridine rings is 1. The van der Waals surface area contributed by atoms with E-state index >= 15 is 0 Å². The van der Waals surface area contributed by atoms with Crippen molar-refractivity contribution >= 4 is 5.69 Å². The molecule has 0 radical (unpaired) electrons. The van der Waals surface area contributed by atoms with Gasteiger partial charge in [-0.05, 0) is 24.3 Å². The first kappa shape index (κ1) is 18.0. The molecule has 2 heterocycles. The average Bonchev–Trinajstić information content (AvgIpc) is 2.56. The summed E-state index contributed by atoms with van der Waals surface area (Å²) in [4.78, 5) is 9.29. The molecule has 0 bridgehead atoms. The zero-order valence-electron chi connectivity index (χ0n) is 15.0. The summed E-state index contributed by atoms with van der Waals surface area (Å²) in [7, 11) is 3.43. The third-order valence-corrected chi connectivity index (χ3v) is 4.49. The number of anilines is 1. The molecule has 0 aromatic carbocycles. The van der Waals surface area contributed by atoms with Crippen molar-refractivity contribution in [3.8, 4) is 5.88 Å². The maximum absolute atomic E-state index is 5.24. The second-order valence-corrected chi connectivity index (χ2v) is 6.75. The summed E-state index contributed by atoms with van der Waals surface area (Å²) in [6, 6.07) is 4.03. The number of piperazine rings is 1. The van der Waals surface area contributed by atoms with Gasteiger partial charge in [0, 0.05) is 52.5 Å². The Morgan fingerprint density at radius 3 is 2.39 bits per heavy atom. The summed E-state index contributed by atoms with van der Waals surface area (Å²) in [5.74, 6) is 2.03. The van der Waals surface area contributed by atoms with E-state index in [1.165, 1.54) is 18.7 Å². The van der Waals surface area contributed by atoms with Gasteiger partial charge < -0.3 is 14.4 Å². The highest BCUT2D eigenvalue weighted by molar-refractivity contribution is 5.45. The molecule has 0 saturated carbocycles. The molecule has 0 amide bonds. The molecule has 1 aliphatic rings. The molecular weight excluding hydrogens is 290 g/mol. The van der Waals surface area contributed by atoms with E-state index in [4.69, 9.17) is 9.47 Å². The zero-order chi connectivity index (χ0) is 16.7. The van der Waals surface area contributed by atoms with Crippen LogP contribution in [0.3, 0.4) is 0 Å². The second kappa shape index (κ2) is 9.08. The number of methoxy groups -OCH3 is 2. The quantitative estimate of drug-likeness (QED) is 0.735. The van der Waals surface area contributed by atoms with E-state index in [9.17, 15) is 0 Å². The van der Waals surface area contributed by atoms with E-state index in [-0.39, 0.29) is 0 Å². The smallest absolute Gasteiger partial charge is 0.213 e. The highest BCUT2D eigenvalue weighted by Crippen LogP contribution is 2.19. The summed E-state index contributed by atoms with van der Waals surface area (Å²) >= 11 is 0. The maximum atomic E-state index is 5.24. The van der Waals surface area contributed by atoms with E-state index in [2.05, 4.69) is 34.7 Å². The first-order valence-electron chi connectivity index (χ1n) is 8.58. The predicted octanol–water partition coefficient (Wildman–Crippen LogP) is 2.52. The monoisotopic (exact) mass is 321 g/mol. The van der Waals surface area contributed by atoms with Crippen LogP contribution in [0.15, 0.2) is 18.3 Å². The lowest BCUT2D eigenvalue weighted by Gasteiger charge is -2.37. The molecule has 1 saturated heterocycles. The van der Waals surface area contributed by atoms with E-state index in [0.29, 0.717) is 17.7 Å². The minimum Gasteiger partial charge on any atom is -0.481 e. The molecule has 1 fully saturated rings. The fraction of sp³-hybridized carbons (Fsp3) is 0.722. The Morgan fingerprint density at radius 1 is 1.09 bits per heavy atom. The normalized spacial score (nSPS) is 18.7. The molecule has 0 aliphatic carbocycles. The Kier molecular flexibility index (Phi) is 7.12. The first-order chi connectivity index (χ1) is 11.1. The lowest BCUT2D eigenvalue weighted by atomic mass is 9.97. The fourth-order valence-corrected chi connectivity index (χ4v) is 3.42. The molecule has 1 aromatic rings. The average molecular weight is 321 g/mol. The SMILES string of the molecule is COCC(C)CC(C)CN1CCN(c2ccc(OC)nc2)CC1. The summed E-state index contributed by atoms with van der Waals surface area (Å²) < 4.78 is 10.4. The maximum Gasteiger partial charge on any atom is 0.213 e. The summed E-state index contributed by atoms with van der Waals surface area (Å²) in [5, 5.41) is 0. The van der Waals surface area contributed by atoms with Crippen molar-refractivity contribution in [2.24, 2.45) is 11.8 Å². The van der Waals surface area contributed by atoms with Gasteiger partial charge in [-0.15, -0.1) is 0 Å². The Morgan fingerprint density at radius 2 is 1.83 bits per heavy atom. The summed E-state index contributed by atoms with van der Waals surface area (Å²) in [6.07, 6.45) is 3.14. The van der Waals surface area contributed by atoms with Gasteiger partial charge >= 0.3 is 0 Å². The van der Waals surface area contributed by atoms with E-state index in [0.717, 1.165) is 32.8 Å². The molecule has 130 valence electrons. The molecule has 2 rings (SSSR count). The lowest BCUT2D eigenvalue weighted by Crippen LogP contribution is -2.47. The molecule has 5 heteroatoms. The van der Waals surface area contributed by atoms with Crippen molar-refractivity contribution in [2.75, 3.05) is 58.5 Å². The van der Waals surface area contributed by atoms with Crippen LogP contribution in [-0.2, 0) is 4.74 Å². The Balaban J connectivity index is 1.74. The minimum absolute atomic E-state index is 0.640. The summed E-state index contributed by atoms with van der Waals surface area (Å²) in [5.41, 5.74) is 1.19. The Hall–Kier alpha value is -1.33. The predicted molar refractivity (Wildman–Crippen MR) is 94.3 cm³/mol. The second-order valence-electron chi connectivity index (χ2n) is 6.75. The van der Waals surface area contributed by atoms with Crippen molar-refractivity contribution in [1.82, 2.24) is 9.88 Å². The van der Waals surface area contributed by atoms with Crippen LogP contribution in [0.2, 0.25) is 0 Å². The minimum atomic E-state index is 0.640. The van der Waals surface area contributed by atoms with Crippen molar-refractivity contribution in [1.29, 1.82) is 0 Å². The van der Waals surface area contributed by atoms with Gasteiger partial charge in [0.15, 0.2) is 0 Å². The van der Waals surface area contributed by atoms with E-state index < -0.39 is 0 Å². The van der Waals surface area contributed by atoms with Crippen molar-refractivity contribution in [3.63, 3.8) is 0 Å². The largest absolute Gasteiger partial charge is 0.481 e. The molecule has 0 N–H and O–H groups in total. The molecule has 2 atom stereocenters. The zero-order valence-corrected chi connectivity index (χ0v) is 15.0. The van der Waals surface area contributed by atoms with Gasteiger partial charge in [-0.2, -0.15) is 0 Å². The first-order valence-corrected chi connectivity index (χ1v) is 8.58. The molecular formula is C18H31N3O2. The molecule has 1 aromatic heterocycles. The van der Waals surface area contributed by atoms with Crippen LogP contribution in [0, 0.1) is 11.8 Å². The van der Waals surface area contributed by atoms with Gasteiger partial charge in [-0.3, -0.25) is 4.90 Å². The van der Waals surface area contributed by atoms with Gasteiger partial charge in [0.25, 0.3) is 0 Å². The van der Waals surface area contributed by atoms with Crippen molar-refractivity contribution < 1.29 is 9.47 Å². The number of aromatic nitrogens is 1. The highest BCUT2D eigenvalue weighted by atomic mass is 16.5. The standard InChI is InChI=1S/C18H31N3O2/c1-15(11-16(2)14-22-3)13-20-7-9-21(10-8-20)17-5-6-18(23-4)19-12-17/h5-6,12,15-16H,7-11,13-14H2,1-4H3. The number of hydrogen-bond acceptors (Lipinski definition) is 5. The molecule has 1 aliphatic heterocycles. The van der Waals surface area contributed by atoms with Crippen LogP contribution in [0.4, 0.5) is 5.69 Å². The summed E-state index contributed by atoms with van der Waals surface area (Å²) in [6.45, 7) is 11.0. The van der Waals surface area contributed by atoms with Gasteiger partial charge in [-0.1, -0.05) is 13.8 Å². The number of ether oxygens (including phenoxy) is 2. The van der Waals surface area contributed by atoms with Crippen LogP contribution in [0.1, 0.15) is 20.3 Å². The number of nitrogens with zero attached hydrogens (tertiary/aromatic N) is 3. The van der Waals surface area contributed by atoms with Gasteiger partial charge in [0.1, 0.15) is 0 Å². The highest BCUT2D eigenvalue weighted by Gasteiger charge is 2.20. The lowest BCUT2D eigenvalue weighted by molar-refractivity contribution is 0.137. The third kappa shape index (κ3) is 5.66. The molecule has 23 heavy (non-hydrogen) atoms. The van der Waals surface area contributed by atoms with E-state index in [1.807, 2.05) is 12.3 Å². The molecule has 2 unspecified atom stereocenters. The van der Waals surface area contributed by atoms with Crippen LogP contribution < -0.4 is 9.64 Å². The van der Waals surface area contributed by atoms with Crippen LogP contribution in [-0.4, -0.2) is 63.4 Å². The van der Waals surface area contributed by atoms with Crippen LogP contribution in [0.25, 0.3) is 0 Å². The fourth-order valence-electron chi connectivity index (χ4n) is 3.42. The van der Waals surface area contributed by atoms with Gasteiger partial charge in [0.2, 0.25) is 5.88 Å². The van der Waals surface area contributed by atoms with Gasteiger partial charge in [-0.25, -0.2) is 4.98 Å². The van der Waals surface area contributed by atoms with Crippen molar-refractivity contribution in [2.45, 2.75) is 20.3 Å². The molecule has 0 spiro atoms. The van der Waals surface area contributed by atoms with Crippen LogP contribution in [0.5, 0.6) is 5.88 Å². The van der Waals surface area contributed by atoms with Gasteiger partial charge in [0.05, 0.1) is 19.0 Å². The van der Waals surface area contributed by atoms with E-state index in [1.54, 1.807) is 14.2 Å². The Labute approximate surface area is 140 Å². The third-order valence-electron chi connectivity index (χ3n) is 4.49. The number of rotatable bonds is 8. The Bertz CT molecular complexity index is 444. The topological polar surface area (TPSA) is 37.8 Å². The molecule has 5 nitrogen and oxygen atoms in total.